The predicted molar refractivity (Wildman–Crippen MR) is 118 cm³/mol. The van der Waals surface area contributed by atoms with Gasteiger partial charge >= 0.3 is 0 Å². The van der Waals surface area contributed by atoms with Crippen molar-refractivity contribution >= 4 is 15.7 Å². The van der Waals surface area contributed by atoms with Crippen LogP contribution >= 0.6 is 0 Å². The highest BCUT2D eigenvalue weighted by molar-refractivity contribution is 7.88. The van der Waals surface area contributed by atoms with Crippen LogP contribution in [0.25, 0.3) is 16.9 Å². The highest BCUT2D eigenvalue weighted by atomic mass is 32.2. The molecule has 2 aromatic heterocycles. The largest absolute Gasteiger partial charge is 0.463 e. The summed E-state index contributed by atoms with van der Waals surface area (Å²) in [6.45, 7) is 0. The van der Waals surface area contributed by atoms with Gasteiger partial charge in [0.15, 0.2) is 0 Å². The minimum Gasteiger partial charge on any atom is -0.463 e. The monoisotopic (exact) mass is 432 g/mol. The Hall–Kier alpha value is -3.65. The topological polar surface area (TPSA) is 80.7 Å². The number of para-hydroxylation sites is 1. The molecule has 1 aliphatic rings. The van der Waals surface area contributed by atoms with Gasteiger partial charge in [-0.05, 0) is 24.3 Å². The molecule has 7 nitrogen and oxygen atoms in total. The van der Waals surface area contributed by atoms with Crippen molar-refractivity contribution in [2.24, 2.45) is 5.10 Å². The molecule has 3 heterocycles. The molecule has 0 spiro atoms. The van der Waals surface area contributed by atoms with Crippen LogP contribution in [-0.4, -0.2) is 34.6 Å². The van der Waals surface area contributed by atoms with Crippen LogP contribution in [0.5, 0.6) is 0 Å². The number of hydrogen-bond donors (Lipinski definition) is 0. The Morgan fingerprint density at radius 2 is 1.68 bits per heavy atom. The number of rotatable bonds is 5. The van der Waals surface area contributed by atoms with E-state index in [1.807, 2.05) is 66.9 Å². The fraction of sp³-hybridized carbons (Fsp3) is 0.130. The summed E-state index contributed by atoms with van der Waals surface area (Å²) in [7, 11) is -3.61. The summed E-state index contributed by atoms with van der Waals surface area (Å²) in [5.41, 5.74) is 3.89. The van der Waals surface area contributed by atoms with E-state index in [4.69, 9.17) is 9.52 Å². The van der Waals surface area contributed by atoms with Gasteiger partial charge in [0.1, 0.15) is 11.5 Å². The number of furan rings is 1. The maximum Gasteiger partial charge on any atom is 0.247 e. The molecule has 156 valence electrons. The molecule has 0 saturated carbocycles. The molecule has 0 fully saturated rings. The first-order chi connectivity index (χ1) is 15.0. The lowest BCUT2D eigenvalue weighted by atomic mass is 9.99. The van der Waals surface area contributed by atoms with Crippen molar-refractivity contribution in [3.05, 3.63) is 96.6 Å². The van der Waals surface area contributed by atoms with Gasteiger partial charge in [-0.25, -0.2) is 13.1 Å². The van der Waals surface area contributed by atoms with Gasteiger partial charge in [-0.2, -0.15) is 14.6 Å². The van der Waals surface area contributed by atoms with Gasteiger partial charge in [-0.15, -0.1) is 0 Å². The van der Waals surface area contributed by atoms with E-state index in [2.05, 4.69) is 5.10 Å². The van der Waals surface area contributed by atoms with E-state index in [1.54, 1.807) is 23.1 Å². The normalized spacial score (nSPS) is 16.5. The molecule has 1 atom stereocenters. The van der Waals surface area contributed by atoms with E-state index < -0.39 is 16.1 Å². The van der Waals surface area contributed by atoms with Gasteiger partial charge in [0.2, 0.25) is 10.0 Å². The van der Waals surface area contributed by atoms with E-state index in [-0.39, 0.29) is 0 Å². The molecule has 5 rings (SSSR count). The summed E-state index contributed by atoms with van der Waals surface area (Å²) in [5.74, 6) is 0.563. The second-order valence-electron chi connectivity index (χ2n) is 7.36. The average Bonchev–Trinajstić information content (AvgIpc) is 3.53. The molecule has 31 heavy (non-hydrogen) atoms. The number of aromatic nitrogens is 2. The first kappa shape index (κ1) is 19.3. The quantitative estimate of drug-likeness (QED) is 0.472. The van der Waals surface area contributed by atoms with Crippen molar-refractivity contribution in [1.29, 1.82) is 0 Å². The number of benzene rings is 2. The smallest absolute Gasteiger partial charge is 0.247 e. The predicted octanol–water partition coefficient (Wildman–Crippen LogP) is 4.24. The van der Waals surface area contributed by atoms with Crippen LogP contribution in [-0.2, 0) is 10.0 Å². The first-order valence-electron chi connectivity index (χ1n) is 9.82. The standard InChI is InChI=1S/C23H20N4O3S/c1-31(28,29)27-21(15-20(24-27)22-13-8-14-30-22)19-16-26(18-11-6-3-7-12-18)25-23(19)17-9-4-2-5-10-17/h2-14,16,21H,15H2,1H3. The second-order valence-corrected chi connectivity index (χ2v) is 9.20. The highest BCUT2D eigenvalue weighted by Crippen LogP contribution is 2.39. The van der Waals surface area contributed by atoms with Crippen molar-refractivity contribution < 1.29 is 12.8 Å². The van der Waals surface area contributed by atoms with Gasteiger partial charge < -0.3 is 4.42 Å². The fourth-order valence-corrected chi connectivity index (χ4v) is 4.68. The van der Waals surface area contributed by atoms with E-state index >= 15 is 0 Å². The van der Waals surface area contributed by atoms with Crippen molar-refractivity contribution in [3.8, 4) is 16.9 Å². The Labute approximate surface area is 180 Å². The maximum absolute atomic E-state index is 12.6. The highest BCUT2D eigenvalue weighted by Gasteiger charge is 2.38. The summed E-state index contributed by atoms with van der Waals surface area (Å²) in [5, 5.41) is 9.23. The van der Waals surface area contributed by atoms with Gasteiger partial charge in [-0.1, -0.05) is 48.5 Å². The van der Waals surface area contributed by atoms with Crippen LogP contribution in [0.4, 0.5) is 0 Å². The molecular weight excluding hydrogens is 412 g/mol. The Balaban J connectivity index is 1.65. The van der Waals surface area contributed by atoms with Crippen LogP contribution in [0.15, 0.2) is 94.8 Å². The molecule has 2 aromatic carbocycles. The van der Waals surface area contributed by atoms with E-state index in [0.29, 0.717) is 17.9 Å². The Kier molecular flexibility index (Phi) is 4.71. The van der Waals surface area contributed by atoms with E-state index in [1.165, 1.54) is 10.7 Å². The molecule has 0 saturated heterocycles. The molecule has 0 bridgehead atoms. The lowest BCUT2D eigenvalue weighted by Crippen LogP contribution is -2.26. The van der Waals surface area contributed by atoms with Crippen LogP contribution in [0.3, 0.4) is 0 Å². The molecule has 8 heteroatoms. The van der Waals surface area contributed by atoms with Crippen LogP contribution < -0.4 is 0 Å². The number of nitrogens with zero attached hydrogens (tertiary/aromatic N) is 4. The fourth-order valence-electron chi connectivity index (χ4n) is 3.78. The zero-order valence-electron chi connectivity index (χ0n) is 16.8. The molecular formula is C23H20N4O3S. The molecule has 1 unspecified atom stereocenters. The van der Waals surface area contributed by atoms with Crippen molar-refractivity contribution in [2.75, 3.05) is 6.26 Å². The second kappa shape index (κ2) is 7.55. The van der Waals surface area contributed by atoms with Crippen molar-refractivity contribution in [1.82, 2.24) is 14.2 Å². The first-order valence-corrected chi connectivity index (χ1v) is 11.7. The van der Waals surface area contributed by atoms with Gasteiger partial charge in [0.25, 0.3) is 0 Å². The SMILES string of the molecule is CS(=O)(=O)N1N=C(c2ccco2)CC1c1cn(-c2ccccc2)nc1-c1ccccc1. The van der Waals surface area contributed by atoms with Gasteiger partial charge in [0.05, 0.1) is 29.9 Å². The van der Waals surface area contributed by atoms with Gasteiger partial charge in [-0.3, -0.25) is 0 Å². The number of sulfonamides is 1. The summed E-state index contributed by atoms with van der Waals surface area (Å²) in [4.78, 5) is 0. The van der Waals surface area contributed by atoms with E-state index in [9.17, 15) is 8.42 Å². The maximum atomic E-state index is 12.6. The summed E-state index contributed by atoms with van der Waals surface area (Å²) in [6.07, 6.45) is 5.00. The third-order valence-corrected chi connectivity index (χ3v) is 6.20. The third kappa shape index (κ3) is 3.66. The molecule has 0 amide bonds. The number of hydrogen-bond acceptors (Lipinski definition) is 5. The summed E-state index contributed by atoms with van der Waals surface area (Å²) < 4.78 is 33.7. The lowest BCUT2D eigenvalue weighted by molar-refractivity contribution is 0.375. The number of hydrazone groups is 1. The van der Waals surface area contributed by atoms with Crippen LogP contribution in [0, 0.1) is 0 Å². The Morgan fingerprint density at radius 1 is 0.968 bits per heavy atom. The Bertz CT molecular complexity index is 1330. The van der Waals surface area contributed by atoms with Crippen molar-refractivity contribution in [3.63, 3.8) is 0 Å². The summed E-state index contributed by atoms with van der Waals surface area (Å²) in [6, 6.07) is 22.5. The molecule has 4 aromatic rings. The minimum atomic E-state index is -3.61. The average molecular weight is 433 g/mol. The van der Waals surface area contributed by atoms with Crippen molar-refractivity contribution in [2.45, 2.75) is 12.5 Å². The molecule has 0 N–H and O–H groups in total. The summed E-state index contributed by atoms with van der Waals surface area (Å²) >= 11 is 0. The van der Waals surface area contributed by atoms with Gasteiger partial charge in [0, 0.05) is 23.7 Å². The van der Waals surface area contributed by atoms with Crippen LogP contribution in [0.2, 0.25) is 0 Å². The lowest BCUT2D eigenvalue weighted by Gasteiger charge is -2.21. The van der Waals surface area contributed by atoms with Crippen LogP contribution in [0.1, 0.15) is 23.8 Å². The zero-order chi connectivity index (χ0) is 21.4. The molecule has 0 aliphatic carbocycles. The van der Waals surface area contributed by atoms with E-state index in [0.717, 1.165) is 22.5 Å². The molecule has 0 radical (unpaired) electrons. The zero-order valence-corrected chi connectivity index (χ0v) is 17.6. The Morgan fingerprint density at radius 3 is 2.32 bits per heavy atom. The minimum absolute atomic E-state index is 0.390. The third-order valence-electron chi connectivity index (χ3n) is 5.19. The molecule has 1 aliphatic heterocycles.